The van der Waals surface area contributed by atoms with Gasteiger partial charge >= 0.3 is 5.97 Å². The van der Waals surface area contributed by atoms with Crippen LogP contribution in [0.2, 0.25) is 0 Å². The molecule has 4 nitrogen and oxygen atoms in total. The molecule has 0 aromatic heterocycles. The molecule has 0 spiro atoms. The lowest BCUT2D eigenvalue weighted by molar-refractivity contribution is -0.140. The predicted molar refractivity (Wildman–Crippen MR) is 43.5 cm³/mol. The molecule has 0 radical (unpaired) electrons. The van der Waals surface area contributed by atoms with Crippen LogP contribution >= 0.6 is 0 Å². The van der Waals surface area contributed by atoms with Gasteiger partial charge in [-0.1, -0.05) is 6.58 Å². The van der Waals surface area contributed by atoms with Gasteiger partial charge in [0.05, 0.1) is 6.61 Å². The van der Waals surface area contributed by atoms with Gasteiger partial charge in [0.1, 0.15) is 6.61 Å². The SMILES string of the molecule is C=C(CCCO)C(=O)OCCO. The van der Waals surface area contributed by atoms with E-state index in [4.69, 9.17) is 10.2 Å². The van der Waals surface area contributed by atoms with Crippen molar-refractivity contribution in [1.29, 1.82) is 0 Å². The van der Waals surface area contributed by atoms with Crippen LogP contribution in [0.25, 0.3) is 0 Å². The number of carbonyl (C=O) groups excluding carboxylic acids is 1. The van der Waals surface area contributed by atoms with E-state index in [2.05, 4.69) is 11.3 Å². The number of aliphatic hydroxyl groups is 2. The maximum absolute atomic E-state index is 10.9. The lowest BCUT2D eigenvalue weighted by Gasteiger charge is -2.03. The zero-order valence-electron chi connectivity index (χ0n) is 6.95. The van der Waals surface area contributed by atoms with Crippen LogP contribution in [-0.2, 0) is 9.53 Å². The Morgan fingerprint density at radius 3 is 2.50 bits per heavy atom. The van der Waals surface area contributed by atoms with Gasteiger partial charge in [0.15, 0.2) is 0 Å². The molecule has 2 N–H and O–H groups in total. The first-order valence-corrected chi connectivity index (χ1v) is 3.79. The number of rotatable bonds is 6. The Balaban J connectivity index is 3.55. The number of hydrogen-bond acceptors (Lipinski definition) is 4. The minimum atomic E-state index is -0.502. The van der Waals surface area contributed by atoms with Crippen molar-refractivity contribution in [1.82, 2.24) is 0 Å². The molecule has 0 rings (SSSR count). The molecule has 0 atom stereocenters. The second-order valence-corrected chi connectivity index (χ2v) is 2.29. The van der Waals surface area contributed by atoms with Crippen molar-refractivity contribution in [2.45, 2.75) is 12.8 Å². The Morgan fingerprint density at radius 2 is 2.00 bits per heavy atom. The molecule has 0 aliphatic rings. The van der Waals surface area contributed by atoms with E-state index in [-0.39, 0.29) is 19.8 Å². The maximum Gasteiger partial charge on any atom is 0.333 e. The Bertz CT molecular complexity index is 135. The summed E-state index contributed by atoms with van der Waals surface area (Å²) in [6.45, 7) is 3.33. The van der Waals surface area contributed by atoms with Gasteiger partial charge in [-0.2, -0.15) is 0 Å². The van der Waals surface area contributed by atoms with Gasteiger partial charge < -0.3 is 14.9 Å². The van der Waals surface area contributed by atoms with Gasteiger partial charge in [-0.05, 0) is 12.8 Å². The van der Waals surface area contributed by atoms with E-state index in [9.17, 15) is 4.79 Å². The second-order valence-electron chi connectivity index (χ2n) is 2.29. The number of aliphatic hydroxyl groups excluding tert-OH is 2. The average Bonchev–Trinajstić information content (AvgIpc) is 2.10. The third-order valence-electron chi connectivity index (χ3n) is 1.25. The Hall–Kier alpha value is -0.870. The van der Waals surface area contributed by atoms with E-state index in [1.165, 1.54) is 0 Å². The lowest BCUT2D eigenvalue weighted by atomic mass is 10.2. The summed E-state index contributed by atoms with van der Waals surface area (Å²) in [5, 5.41) is 16.8. The molecule has 4 heteroatoms. The lowest BCUT2D eigenvalue weighted by Crippen LogP contribution is -2.10. The van der Waals surface area contributed by atoms with Crippen molar-refractivity contribution in [3.63, 3.8) is 0 Å². The fraction of sp³-hybridized carbons (Fsp3) is 0.625. The average molecular weight is 174 g/mol. The van der Waals surface area contributed by atoms with Crippen LogP contribution in [0.3, 0.4) is 0 Å². The summed E-state index contributed by atoms with van der Waals surface area (Å²) in [7, 11) is 0. The van der Waals surface area contributed by atoms with Crippen LogP contribution in [0.1, 0.15) is 12.8 Å². The molecule has 0 heterocycles. The molecule has 12 heavy (non-hydrogen) atoms. The summed E-state index contributed by atoms with van der Waals surface area (Å²) in [6.07, 6.45) is 0.938. The molecule has 0 amide bonds. The molecule has 0 saturated heterocycles. The summed E-state index contributed by atoms with van der Waals surface area (Å²) in [5.41, 5.74) is 0.331. The zero-order chi connectivity index (χ0) is 9.40. The predicted octanol–water partition coefficient (Wildman–Crippen LogP) is -0.149. The van der Waals surface area contributed by atoms with Crippen LogP contribution in [0.5, 0.6) is 0 Å². The van der Waals surface area contributed by atoms with E-state index in [1.54, 1.807) is 0 Å². The first-order chi connectivity index (χ1) is 5.72. The molecular weight excluding hydrogens is 160 g/mol. The minimum absolute atomic E-state index is 0.00300. The van der Waals surface area contributed by atoms with Gasteiger partial charge in [0, 0.05) is 12.2 Å². The summed E-state index contributed by atoms with van der Waals surface area (Å²) in [4.78, 5) is 10.9. The van der Waals surface area contributed by atoms with Gasteiger partial charge in [-0.3, -0.25) is 0 Å². The third kappa shape index (κ3) is 4.87. The quantitative estimate of drug-likeness (QED) is 0.434. The second kappa shape index (κ2) is 6.82. The molecular formula is C8H14O4. The maximum atomic E-state index is 10.9. The molecule has 0 bridgehead atoms. The van der Waals surface area contributed by atoms with E-state index in [0.717, 1.165) is 0 Å². The fourth-order valence-corrected chi connectivity index (χ4v) is 0.635. The van der Waals surface area contributed by atoms with Gasteiger partial charge in [0.2, 0.25) is 0 Å². The first kappa shape index (κ1) is 11.1. The Kier molecular flexibility index (Phi) is 6.32. The highest BCUT2D eigenvalue weighted by Crippen LogP contribution is 2.03. The Labute approximate surface area is 71.5 Å². The van der Waals surface area contributed by atoms with Crippen LogP contribution in [0.15, 0.2) is 12.2 Å². The summed E-state index contributed by atoms with van der Waals surface area (Å²) >= 11 is 0. The summed E-state index contributed by atoms with van der Waals surface area (Å²) < 4.78 is 4.58. The van der Waals surface area contributed by atoms with Gasteiger partial charge in [-0.25, -0.2) is 4.79 Å². The molecule has 0 fully saturated rings. The van der Waals surface area contributed by atoms with Crippen molar-refractivity contribution in [2.75, 3.05) is 19.8 Å². The highest BCUT2D eigenvalue weighted by atomic mass is 16.5. The molecule has 70 valence electrons. The van der Waals surface area contributed by atoms with Crippen LogP contribution in [-0.4, -0.2) is 36.0 Å². The van der Waals surface area contributed by atoms with Crippen molar-refractivity contribution in [2.24, 2.45) is 0 Å². The monoisotopic (exact) mass is 174 g/mol. The molecule has 0 aromatic carbocycles. The third-order valence-corrected chi connectivity index (χ3v) is 1.25. The molecule has 0 aliphatic carbocycles. The van der Waals surface area contributed by atoms with E-state index in [1.807, 2.05) is 0 Å². The van der Waals surface area contributed by atoms with Gasteiger partial charge in [0.25, 0.3) is 0 Å². The van der Waals surface area contributed by atoms with E-state index < -0.39 is 5.97 Å². The van der Waals surface area contributed by atoms with Crippen molar-refractivity contribution >= 4 is 5.97 Å². The van der Waals surface area contributed by atoms with Crippen molar-refractivity contribution < 1.29 is 19.7 Å². The fourth-order valence-electron chi connectivity index (χ4n) is 0.635. The van der Waals surface area contributed by atoms with Crippen LogP contribution in [0.4, 0.5) is 0 Å². The summed E-state index contributed by atoms with van der Waals surface area (Å²) in [5.74, 6) is -0.502. The molecule has 0 unspecified atom stereocenters. The van der Waals surface area contributed by atoms with E-state index in [0.29, 0.717) is 18.4 Å². The minimum Gasteiger partial charge on any atom is -0.460 e. The van der Waals surface area contributed by atoms with Gasteiger partial charge in [-0.15, -0.1) is 0 Å². The number of esters is 1. The number of carbonyl (C=O) groups is 1. The van der Waals surface area contributed by atoms with Crippen LogP contribution in [0, 0.1) is 0 Å². The summed E-state index contributed by atoms with van der Waals surface area (Å²) in [6, 6.07) is 0. The highest BCUT2D eigenvalue weighted by molar-refractivity contribution is 5.87. The van der Waals surface area contributed by atoms with Crippen LogP contribution < -0.4 is 0 Å². The van der Waals surface area contributed by atoms with Crippen molar-refractivity contribution in [3.8, 4) is 0 Å². The first-order valence-electron chi connectivity index (χ1n) is 3.79. The van der Waals surface area contributed by atoms with E-state index >= 15 is 0 Å². The normalized spacial score (nSPS) is 9.50. The topological polar surface area (TPSA) is 66.8 Å². The standard InChI is InChI=1S/C8H14O4/c1-7(3-2-4-9)8(11)12-6-5-10/h9-10H,1-6H2. The number of ether oxygens (including phenoxy) is 1. The highest BCUT2D eigenvalue weighted by Gasteiger charge is 2.06. The molecule has 0 aliphatic heterocycles. The van der Waals surface area contributed by atoms with Crippen molar-refractivity contribution in [3.05, 3.63) is 12.2 Å². The molecule has 0 aromatic rings. The number of hydrogen-bond donors (Lipinski definition) is 2. The smallest absolute Gasteiger partial charge is 0.333 e. The largest absolute Gasteiger partial charge is 0.460 e. The zero-order valence-corrected chi connectivity index (χ0v) is 6.95. The Morgan fingerprint density at radius 1 is 1.33 bits per heavy atom. The molecule has 0 saturated carbocycles.